The lowest BCUT2D eigenvalue weighted by molar-refractivity contribution is 0.171. The number of aromatic nitrogens is 2. The second-order valence-corrected chi connectivity index (χ2v) is 7.11. The lowest BCUT2D eigenvalue weighted by atomic mass is 10.2. The van der Waals surface area contributed by atoms with E-state index in [2.05, 4.69) is 5.10 Å². The third-order valence-corrected chi connectivity index (χ3v) is 4.58. The van der Waals surface area contributed by atoms with E-state index in [0.717, 1.165) is 0 Å². The predicted molar refractivity (Wildman–Crippen MR) is 77.2 cm³/mol. The van der Waals surface area contributed by atoms with E-state index in [0.29, 0.717) is 10.6 Å². The second kappa shape index (κ2) is 6.39. The highest BCUT2D eigenvalue weighted by molar-refractivity contribution is 7.90. The summed E-state index contributed by atoms with van der Waals surface area (Å²) in [6, 6.07) is 8.41. The highest BCUT2D eigenvalue weighted by Gasteiger charge is 2.18. The molecule has 20 heavy (non-hydrogen) atoms. The first-order valence-electron chi connectivity index (χ1n) is 6.05. The Bertz CT molecular complexity index is 656. The van der Waals surface area contributed by atoms with E-state index < -0.39 is 15.9 Å². The molecule has 108 valence electrons. The van der Waals surface area contributed by atoms with Crippen molar-refractivity contribution in [2.24, 2.45) is 0 Å². The third kappa shape index (κ3) is 4.63. The fourth-order valence-corrected chi connectivity index (χ4v) is 3.62. The van der Waals surface area contributed by atoms with Crippen LogP contribution < -0.4 is 0 Å². The lowest BCUT2D eigenvalue weighted by Gasteiger charge is -2.11. The lowest BCUT2D eigenvalue weighted by Crippen LogP contribution is -2.26. The van der Waals surface area contributed by atoms with Gasteiger partial charge in [0.15, 0.2) is 9.84 Å². The van der Waals surface area contributed by atoms with Crippen molar-refractivity contribution < 1.29 is 13.5 Å². The van der Waals surface area contributed by atoms with Gasteiger partial charge in [-0.05, 0) is 23.8 Å². The molecule has 1 unspecified atom stereocenters. The zero-order chi connectivity index (χ0) is 14.6. The molecule has 0 radical (unpaired) electrons. The fraction of sp³-hybridized carbons (Fsp3) is 0.308. The van der Waals surface area contributed by atoms with E-state index >= 15 is 0 Å². The van der Waals surface area contributed by atoms with Crippen molar-refractivity contribution in [3.8, 4) is 0 Å². The van der Waals surface area contributed by atoms with Gasteiger partial charge in [-0.25, -0.2) is 8.42 Å². The summed E-state index contributed by atoms with van der Waals surface area (Å²) in [6.45, 7) is 0.155. The maximum Gasteiger partial charge on any atom is 0.157 e. The second-order valence-electron chi connectivity index (χ2n) is 4.57. The molecule has 5 nitrogen and oxygen atoms in total. The first-order chi connectivity index (χ1) is 9.44. The van der Waals surface area contributed by atoms with Crippen molar-refractivity contribution in [2.45, 2.75) is 18.4 Å². The molecule has 1 aromatic carbocycles. The summed E-state index contributed by atoms with van der Waals surface area (Å²) in [5.74, 6) is -0.441. The molecule has 0 bridgehead atoms. The van der Waals surface area contributed by atoms with E-state index in [4.69, 9.17) is 11.6 Å². The van der Waals surface area contributed by atoms with Gasteiger partial charge in [0, 0.05) is 17.4 Å². The molecule has 0 amide bonds. The zero-order valence-electron chi connectivity index (χ0n) is 10.7. The number of benzene rings is 1. The van der Waals surface area contributed by atoms with Gasteiger partial charge in [0.2, 0.25) is 0 Å². The molecule has 7 heteroatoms. The highest BCUT2D eigenvalue weighted by atomic mass is 35.5. The minimum Gasteiger partial charge on any atom is -0.390 e. The normalized spacial score (nSPS) is 13.3. The molecule has 0 aliphatic carbocycles. The number of rotatable bonds is 6. The minimum absolute atomic E-state index is 0.135. The molecule has 1 aromatic heterocycles. The van der Waals surface area contributed by atoms with Gasteiger partial charge in [0.05, 0.1) is 24.2 Å². The van der Waals surface area contributed by atoms with Gasteiger partial charge in [-0.15, -0.1) is 0 Å². The topological polar surface area (TPSA) is 72.2 Å². The Kier molecular flexibility index (Phi) is 4.80. The monoisotopic (exact) mass is 314 g/mol. The number of hydrogen-bond acceptors (Lipinski definition) is 4. The molecule has 0 aliphatic heterocycles. The van der Waals surface area contributed by atoms with Gasteiger partial charge in [-0.3, -0.25) is 4.68 Å². The van der Waals surface area contributed by atoms with Crippen molar-refractivity contribution in [2.75, 3.05) is 5.75 Å². The largest absolute Gasteiger partial charge is 0.390 e. The first kappa shape index (κ1) is 15.0. The molecule has 1 atom stereocenters. The van der Waals surface area contributed by atoms with Crippen LogP contribution >= 0.6 is 11.6 Å². The number of sulfone groups is 1. The molecule has 0 aliphatic rings. The molecular weight excluding hydrogens is 300 g/mol. The average molecular weight is 315 g/mol. The van der Waals surface area contributed by atoms with Crippen molar-refractivity contribution in [1.29, 1.82) is 0 Å². The summed E-state index contributed by atoms with van der Waals surface area (Å²) in [6.07, 6.45) is 2.26. The van der Waals surface area contributed by atoms with Crippen LogP contribution in [-0.4, -0.2) is 35.2 Å². The Morgan fingerprint density at radius 2 is 2.15 bits per heavy atom. The number of nitrogens with zero attached hydrogens (tertiary/aromatic N) is 2. The minimum atomic E-state index is -3.40. The van der Waals surface area contributed by atoms with Crippen LogP contribution in [0.1, 0.15) is 5.56 Å². The van der Waals surface area contributed by atoms with Crippen LogP contribution in [0.2, 0.25) is 5.02 Å². The standard InChI is InChI=1S/C13H15ClN2O3S/c14-12-4-1-3-11(7-12)9-20(18,19)10-13(17)8-16-6-2-5-15-16/h1-7,13,17H,8-10H2. The zero-order valence-corrected chi connectivity index (χ0v) is 12.3. The SMILES string of the molecule is O=S(=O)(Cc1cccc(Cl)c1)CC(O)Cn1cccn1. The molecule has 0 spiro atoms. The Hall–Kier alpha value is -1.37. The molecule has 1 heterocycles. The van der Waals surface area contributed by atoms with Gasteiger partial charge in [0.25, 0.3) is 0 Å². The summed E-state index contributed by atoms with van der Waals surface area (Å²) in [5, 5.41) is 14.2. The third-order valence-electron chi connectivity index (χ3n) is 2.68. The average Bonchev–Trinajstić information content (AvgIpc) is 2.79. The molecule has 2 rings (SSSR count). The number of halogens is 1. The van der Waals surface area contributed by atoms with E-state index in [1.807, 2.05) is 0 Å². The highest BCUT2D eigenvalue weighted by Crippen LogP contribution is 2.14. The quantitative estimate of drug-likeness (QED) is 0.877. The van der Waals surface area contributed by atoms with Gasteiger partial charge in [-0.1, -0.05) is 23.7 Å². The molecule has 0 saturated heterocycles. The number of hydrogen-bond donors (Lipinski definition) is 1. The van der Waals surface area contributed by atoms with Crippen LogP contribution in [0.3, 0.4) is 0 Å². The Morgan fingerprint density at radius 3 is 2.80 bits per heavy atom. The number of aliphatic hydroxyl groups is 1. The molecule has 1 N–H and O–H groups in total. The smallest absolute Gasteiger partial charge is 0.157 e. The van der Waals surface area contributed by atoms with Crippen molar-refractivity contribution in [1.82, 2.24) is 9.78 Å². The van der Waals surface area contributed by atoms with Gasteiger partial charge < -0.3 is 5.11 Å². The number of aliphatic hydroxyl groups excluding tert-OH is 1. The van der Waals surface area contributed by atoms with E-state index in [1.54, 1.807) is 42.7 Å². The van der Waals surface area contributed by atoms with Crippen LogP contribution in [0, 0.1) is 0 Å². The van der Waals surface area contributed by atoms with Gasteiger partial charge in [-0.2, -0.15) is 5.10 Å². The van der Waals surface area contributed by atoms with Crippen LogP contribution in [0.15, 0.2) is 42.7 Å². The Morgan fingerprint density at radius 1 is 1.35 bits per heavy atom. The maximum atomic E-state index is 12.0. The molecule has 0 saturated carbocycles. The Balaban J connectivity index is 1.96. The molecule has 2 aromatic rings. The van der Waals surface area contributed by atoms with Crippen LogP contribution in [-0.2, 0) is 22.1 Å². The van der Waals surface area contributed by atoms with Gasteiger partial charge in [0.1, 0.15) is 0 Å². The maximum absolute atomic E-state index is 12.0. The van der Waals surface area contributed by atoms with Crippen LogP contribution in [0.5, 0.6) is 0 Å². The molecule has 0 fully saturated rings. The van der Waals surface area contributed by atoms with Crippen molar-refractivity contribution in [3.63, 3.8) is 0 Å². The van der Waals surface area contributed by atoms with E-state index in [-0.39, 0.29) is 18.1 Å². The van der Waals surface area contributed by atoms with Crippen LogP contribution in [0.25, 0.3) is 0 Å². The summed E-state index contributed by atoms with van der Waals surface area (Å²) < 4.78 is 25.5. The summed E-state index contributed by atoms with van der Waals surface area (Å²) in [5.41, 5.74) is 0.615. The summed E-state index contributed by atoms with van der Waals surface area (Å²) in [4.78, 5) is 0. The Labute approximate surface area is 122 Å². The fourth-order valence-electron chi connectivity index (χ4n) is 1.91. The van der Waals surface area contributed by atoms with Crippen molar-refractivity contribution in [3.05, 3.63) is 53.3 Å². The first-order valence-corrected chi connectivity index (χ1v) is 8.25. The summed E-state index contributed by atoms with van der Waals surface area (Å²) >= 11 is 5.82. The van der Waals surface area contributed by atoms with E-state index in [1.165, 1.54) is 4.68 Å². The van der Waals surface area contributed by atoms with Crippen LogP contribution in [0.4, 0.5) is 0 Å². The van der Waals surface area contributed by atoms with E-state index in [9.17, 15) is 13.5 Å². The molecular formula is C13H15ClN2O3S. The predicted octanol–water partition coefficient (Wildman–Crippen LogP) is 1.51. The van der Waals surface area contributed by atoms with Gasteiger partial charge >= 0.3 is 0 Å². The summed E-state index contributed by atoms with van der Waals surface area (Å²) in [7, 11) is -3.40. The van der Waals surface area contributed by atoms with Crippen molar-refractivity contribution >= 4 is 21.4 Å².